The van der Waals surface area contributed by atoms with Gasteiger partial charge in [0.05, 0.1) is 11.4 Å². The number of nitrogens with two attached hydrogens (primary N) is 1. The number of nitrogens with zero attached hydrogens (tertiary/aromatic N) is 1. The number of aryl methyl sites for hydroxylation is 1. The van der Waals surface area contributed by atoms with Crippen LogP contribution < -0.4 is 10.5 Å². The molecule has 0 aliphatic carbocycles. The minimum Gasteiger partial charge on any atom is -0.439 e. The van der Waals surface area contributed by atoms with Crippen LogP contribution >= 0.6 is 0 Å². The van der Waals surface area contributed by atoms with E-state index in [0.717, 1.165) is 11.3 Å². The van der Waals surface area contributed by atoms with Crippen molar-refractivity contribution < 1.29 is 4.74 Å². The van der Waals surface area contributed by atoms with E-state index in [0.29, 0.717) is 23.0 Å². The Morgan fingerprint density at radius 1 is 1.22 bits per heavy atom. The molecule has 3 N–H and O–H groups in total. The molecule has 18 heavy (non-hydrogen) atoms. The number of ether oxygens (including phenoxy) is 1. The van der Waals surface area contributed by atoms with Crippen LogP contribution in [-0.4, -0.2) is 10.7 Å². The number of anilines is 1. The maximum atomic E-state index is 7.60. The molecule has 0 aliphatic rings. The van der Waals surface area contributed by atoms with Crippen LogP contribution in [0.2, 0.25) is 0 Å². The van der Waals surface area contributed by atoms with Gasteiger partial charge in [0.15, 0.2) is 0 Å². The average Bonchev–Trinajstić information content (AvgIpc) is 2.34. The number of benzene rings is 1. The summed E-state index contributed by atoms with van der Waals surface area (Å²) in [6.07, 6.45) is 0. The molecule has 0 fully saturated rings. The highest BCUT2D eigenvalue weighted by Crippen LogP contribution is 2.24. The van der Waals surface area contributed by atoms with E-state index in [9.17, 15) is 0 Å². The summed E-state index contributed by atoms with van der Waals surface area (Å²) in [4.78, 5) is 4.24. The number of para-hydroxylation sites is 1. The smallest absolute Gasteiger partial charge is 0.219 e. The van der Waals surface area contributed by atoms with Gasteiger partial charge in [0.1, 0.15) is 11.4 Å². The highest BCUT2D eigenvalue weighted by molar-refractivity contribution is 5.99. The van der Waals surface area contributed by atoms with Gasteiger partial charge in [-0.05, 0) is 31.5 Å². The molecule has 0 saturated heterocycles. The highest BCUT2D eigenvalue weighted by atomic mass is 16.5. The first-order valence-electron chi connectivity index (χ1n) is 5.63. The summed E-state index contributed by atoms with van der Waals surface area (Å²) in [6, 6.07) is 11.1. The summed E-state index contributed by atoms with van der Waals surface area (Å²) in [7, 11) is 0. The molecule has 0 aliphatic heterocycles. The first kappa shape index (κ1) is 12.1. The molecule has 1 heterocycles. The summed E-state index contributed by atoms with van der Waals surface area (Å²) in [5.74, 6) is 1.20. The van der Waals surface area contributed by atoms with Gasteiger partial charge < -0.3 is 15.9 Å². The van der Waals surface area contributed by atoms with Gasteiger partial charge in [-0.2, -0.15) is 0 Å². The van der Waals surface area contributed by atoms with Crippen molar-refractivity contribution in [2.75, 3.05) is 5.73 Å². The van der Waals surface area contributed by atoms with Crippen molar-refractivity contribution in [3.63, 3.8) is 0 Å². The molecule has 0 amide bonds. The first-order valence-corrected chi connectivity index (χ1v) is 5.63. The number of rotatable bonds is 3. The van der Waals surface area contributed by atoms with Crippen molar-refractivity contribution in [2.45, 2.75) is 13.8 Å². The molecule has 1 aromatic heterocycles. The molecule has 2 aromatic rings. The summed E-state index contributed by atoms with van der Waals surface area (Å²) < 4.78 is 5.69. The zero-order valence-corrected chi connectivity index (χ0v) is 10.4. The molecular formula is C14H15N3O. The van der Waals surface area contributed by atoms with Crippen LogP contribution in [-0.2, 0) is 0 Å². The summed E-state index contributed by atoms with van der Waals surface area (Å²) in [5, 5.41) is 7.60. The van der Waals surface area contributed by atoms with E-state index >= 15 is 0 Å². The first-order chi connectivity index (χ1) is 8.58. The van der Waals surface area contributed by atoms with Crippen LogP contribution in [0.3, 0.4) is 0 Å². The van der Waals surface area contributed by atoms with Crippen LogP contribution in [0.4, 0.5) is 5.69 Å². The molecule has 1 aromatic carbocycles. The predicted molar refractivity (Wildman–Crippen MR) is 72.4 cm³/mol. The van der Waals surface area contributed by atoms with Crippen molar-refractivity contribution in [2.24, 2.45) is 0 Å². The fourth-order valence-electron chi connectivity index (χ4n) is 1.59. The Bertz CT molecular complexity index is 593. The second-order valence-corrected chi connectivity index (χ2v) is 4.08. The van der Waals surface area contributed by atoms with Crippen molar-refractivity contribution in [1.29, 1.82) is 5.41 Å². The molecule has 2 rings (SSSR count). The largest absolute Gasteiger partial charge is 0.439 e. The Labute approximate surface area is 106 Å². The Morgan fingerprint density at radius 3 is 2.61 bits per heavy atom. The van der Waals surface area contributed by atoms with E-state index in [2.05, 4.69) is 4.98 Å². The summed E-state index contributed by atoms with van der Waals surface area (Å²) in [5.41, 5.74) is 8.05. The topological polar surface area (TPSA) is 72.0 Å². The minimum absolute atomic E-state index is 0.322. The van der Waals surface area contributed by atoms with Gasteiger partial charge in [-0.15, -0.1) is 0 Å². The maximum absolute atomic E-state index is 7.60. The van der Waals surface area contributed by atoms with Crippen molar-refractivity contribution in [3.8, 4) is 11.6 Å². The quantitative estimate of drug-likeness (QED) is 0.811. The number of aromatic nitrogens is 1. The molecule has 4 heteroatoms. The third kappa shape index (κ3) is 2.48. The third-order valence-electron chi connectivity index (χ3n) is 2.56. The van der Waals surface area contributed by atoms with Crippen LogP contribution in [0, 0.1) is 12.3 Å². The van der Waals surface area contributed by atoms with Crippen molar-refractivity contribution in [3.05, 3.63) is 47.7 Å². The van der Waals surface area contributed by atoms with E-state index < -0.39 is 0 Å². The van der Waals surface area contributed by atoms with Gasteiger partial charge in [-0.25, -0.2) is 4.98 Å². The lowest BCUT2D eigenvalue weighted by Gasteiger charge is -2.09. The van der Waals surface area contributed by atoms with Crippen LogP contribution in [0.1, 0.15) is 18.2 Å². The van der Waals surface area contributed by atoms with E-state index in [-0.39, 0.29) is 0 Å². The van der Waals surface area contributed by atoms with Gasteiger partial charge >= 0.3 is 0 Å². The fraction of sp³-hybridized carbons (Fsp3) is 0.143. The van der Waals surface area contributed by atoms with Crippen molar-refractivity contribution in [1.82, 2.24) is 4.98 Å². The minimum atomic E-state index is 0.322. The second kappa shape index (κ2) is 4.87. The zero-order chi connectivity index (χ0) is 13.1. The number of pyridine rings is 1. The number of nitrogens with one attached hydrogen (secondary N) is 1. The van der Waals surface area contributed by atoms with E-state index in [1.807, 2.05) is 31.2 Å². The average molecular weight is 241 g/mol. The molecule has 92 valence electrons. The third-order valence-corrected chi connectivity index (χ3v) is 2.56. The molecule has 0 bridgehead atoms. The lowest BCUT2D eigenvalue weighted by Crippen LogP contribution is -2.04. The Morgan fingerprint density at radius 2 is 1.94 bits per heavy atom. The lowest BCUT2D eigenvalue weighted by atomic mass is 10.2. The van der Waals surface area contributed by atoms with Gasteiger partial charge in [-0.1, -0.05) is 18.2 Å². The summed E-state index contributed by atoms with van der Waals surface area (Å²) >= 11 is 0. The highest BCUT2D eigenvalue weighted by Gasteiger charge is 2.07. The van der Waals surface area contributed by atoms with Crippen LogP contribution in [0.25, 0.3) is 0 Å². The zero-order valence-electron chi connectivity index (χ0n) is 10.4. The van der Waals surface area contributed by atoms with Gasteiger partial charge in [-0.3, -0.25) is 0 Å². The second-order valence-electron chi connectivity index (χ2n) is 4.08. The van der Waals surface area contributed by atoms with Crippen LogP contribution in [0.15, 0.2) is 36.4 Å². The lowest BCUT2D eigenvalue weighted by molar-refractivity contribution is 0.459. The molecule has 4 nitrogen and oxygen atoms in total. The monoisotopic (exact) mass is 241 g/mol. The van der Waals surface area contributed by atoms with Gasteiger partial charge in [0, 0.05) is 6.07 Å². The maximum Gasteiger partial charge on any atom is 0.219 e. The van der Waals surface area contributed by atoms with E-state index in [1.54, 1.807) is 19.1 Å². The molecule has 0 atom stereocenters. The van der Waals surface area contributed by atoms with Crippen molar-refractivity contribution >= 4 is 11.4 Å². The standard InChI is InChI=1S/C14H15N3O/c1-9-5-3-4-6-12(9)18-13-8-7-11(16)14(17-13)10(2)15/h3-8,15H,16H2,1-2H3. The predicted octanol–water partition coefficient (Wildman–Crippen LogP) is 3.15. The Hall–Kier alpha value is -2.36. The summed E-state index contributed by atoms with van der Waals surface area (Å²) in [6.45, 7) is 3.62. The molecule has 0 saturated carbocycles. The molecule has 0 unspecified atom stereocenters. The number of nitrogen functional groups attached to an aromatic ring is 1. The number of hydrogen-bond donors (Lipinski definition) is 2. The Balaban J connectivity index is 2.33. The molecule has 0 radical (unpaired) electrons. The molecular weight excluding hydrogens is 226 g/mol. The fourth-order valence-corrected chi connectivity index (χ4v) is 1.59. The van der Waals surface area contributed by atoms with Gasteiger partial charge in [0.2, 0.25) is 5.88 Å². The Kier molecular flexibility index (Phi) is 3.28. The normalized spacial score (nSPS) is 10.1. The van der Waals surface area contributed by atoms with E-state index in [1.165, 1.54) is 0 Å². The van der Waals surface area contributed by atoms with Crippen LogP contribution in [0.5, 0.6) is 11.6 Å². The number of hydrogen-bond acceptors (Lipinski definition) is 4. The molecule has 0 spiro atoms. The van der Waals surface area contributed by atoms with E-state index in [4.69, 9.17) is 15.9 Å². The van der Waals surface area contributed by atoms with Gasteiger partial charge in [0.25, 0.3) is 0 Å². The SMILES string of the molecule is CC(=N)c1nc(Oc2ccccc2C)ccc1N.